The molecule has 0 saturated heterocycles. The normalized spacial score (nSPS) is 11.9. The fourth-order valence-electron chi connectivity index (χ4n) is 7.28. The van der Waals surface area contributed by atoms with Crippen molar-refractivity contribution in [1.29, 1.82) is 0 Å². The molecule has 12 heteroatoms. The molecule has 2 amide bonds. The number of aliphatic carboxylic acids is 3. The van der Waals surface area contributed by atoms with Crippen LogP contribution in [-0.2, 0) is 24.0 Å². The van der Waals surface area contributed by atoms with Crippen LogP contribution in [-0.4, -0.2) is 68.6 Å². The van der Waals surface area contributed by atoms with E-state index in [1.54, 1.807) is 0 Å². The van der Waals surface area contributed by atoms with Gasteiger partial charge in [-0.05, 0) is 38.6 Å². The molecule has 344 valence electrons. The molecule has 0 saturated carbocycles. The predicted octanol–water partition coefficient (Wildman–Crippen LogP) is 8.83. The van der Waals surface area contributed by atoms with Crippen LogP contribution < -0.4 is 41.0 Å². The smallest absolute Gasteiger partial charge is 1.00 e. The van der Waals surface area contributed by atoms with E-state index in [4.69, 9.17) is 21.7 Å². The summed E-state index contributed by atoms with van der Waals surface area (Å²) < 4.78 is 0. The minimum absolute atomic E-state index is 0. The van der Waals surface area contributed by atoms with Crippen molar-refractivity contribution in [3.05, 3.63) is 0 Å². The van der Waals surface area contributed by atoms with Gasteiger partial charge in [0.1, 0.15) is 12.1 Å². The first-order valence-electron chi connectivity index (χ1n) is 24.0. The molecule has 7 N–H and O–H groups in total. The van der Waals surface area contributed by atoms with Crippen LogP contribution in [0.1, 0.15) is 253 Å². The van der Waals surface area contributed by atoms with Gasteiger partial charge >= 0.3 is 47.5 Å². The summed E-state index contributed by atoms with van der Waals surface area (Å²) in [4.78, 5) is 60.6. The van der Waals surface area contributed by atoms with Crippen LogP contribution in [0.3, 0.4) is 0 Å². The number of nitrogens with two attached hydrogens (primary N) is 2. The van der Waals surface area contributed by atoms with Crippen LogP contribution in [0.5, 0.6) is 0 Å². The zero-order chi connectivity index (χ0) is 43.5. The van der Waals surface area contributed by atoms with Crippen LogP contribution in [0.2, 0.25) is 0 Å². The van der Waals surface area contributed by atoms with Gasteiger partial charge in [-0.25, -0.2) is 4.79 Å². The van der Waals surface area contributed by atoms with Crippen LogP contribution in [0.15, 0.2) is 0 Å². The number of nitrogens with zero attached hydrogens (tertiary/aromatic N) is 1. The van der Waals surface area contributed by atoms with Crippen LogP contribution in [0.4, 0.5) is 0 Å². The molecule has 2 atom stereocenters. The van der Waals surface area contributed by atoms with Gasteiger partial charge in [-0.3, -0.25) is 24.1 Å². The number of imide groups is 1. The fourth-order valence-corrected chi connectivity index (χ4v) is 7.28. The quantitative estimate of drug-likeness (QED) is 0.0292. The number of hydrogen-bond donors (Lipinski definition) is 5. The van der Waals surface area contributed by atoms with Crippen molar-refractivity contribution in [2.75, 3.05) is 6.54 Å². The molecule has 0 aliphatic rings. The summed E-state index contributed by atoms with van der Waals surface area (Å²) >= 11 is 0. The van der Waals surface area contributed by atoms with E-state index in [0.29, 0.717) is 25.8 Å². The minimum Gasteiger partial charge on any atom is -1.00 e. The summed E-state index contributed by atoms with van der Waals surface area (Å²) in [5.74, 6) is -4.34. The van der Waals surface area contributed by atoms with E-state index in [9.17, 15) is 29.1 Å². The molecule has 11 nitrogen and oxygen atoms in total. The van der Waals surface area contributed by atoms with Gasteiger partial charge < -0.3 is 28.2 Å². The van der Waals surface area contributed by atoms with Gasteiger partial charge in [0.05, 0.1) is 0 Å². The van der Waals surface area contributed by atoms with Crippen molar-refractivity contribution in [2.45, 2.75) is 264 Å². The molecule has 0 rings (SSSR count). The summed E-state index contributed by atoms with van der Waals surface area (Å²) in [5, 5.41) is 27.3. The van der Waals surface area contributed by atoms with E-state index in [0.717, 1.165) is 56.3 Å². The molecule has 0 bridgehead atoms. The fraction of sp³-hybridized carbons (Fsp3) is 0.894. The molecular formula is C47H92N3NaO8. The van der Waals surface area contributed by atoms with Crippen LogP contribution in [0.25, 0.3) is 0 Å². The number of hydrogen-bond acceptors (Lipinski definition) is 7. The largest absolute Gasteiger partial charge is 1.00 e. The van der Waals surface area contributed by atoms with Gasteiger partial charge in [-0.2, -0.15) is 0 Å². The van der Waals surface area contributed by atoms with E-state index >= 15 is 0 Å². The van der Waals surface area contributed by atoms with E-state index in [2.05, 4.69) is 13.8 Å². The first-order valence-corrected chi connectivity index (χ1v) is 24.0. The molecule has 0 heterocycles. The molecule has 0 aliphatic carbocycles. The molecule has 59 heavy (non-hydrogen) atoms. The third-order valence-corrected chi connectivity index (χ3v) is 11.0. The van der Waals surface area contributed by atoms with Crippen LogP contribution in [0, 0.1) is 0 Å². The van der Waals surface area contributed by atoms with E-state index in [1.807, 2.05) is 0 Å². The first kappa shape index (κ1) is 61.8. The van der Waals surface area contributed by atoms with Gasteiger partial charge in [0.2, 0.25) is 11.8 Å². The zero-order valence-corrected chi connectivity index (χ0v) is 40.5. The molecule has 0 unspecified atom stereocenters. The number of rotatable bonds is 42. The second-order valence-corrected chi connectivity index (χ2v) is 16.6. The predicted molar refractivity (Wildman–Crippen MR) is 239 cm³/mol. The van der Waals surface area contributed by atoms with Crippen molar-refractivity contribution in [2.24, 2.45) is 11.5 Å². The summed E-state index contributed by atoms with van der Waals surface area (Å²) in [6, 6.07) is -2.14. The Balaban J connectivity index is -0.00000115. The average Bonchev–Trinajstić information content (AvgIpc) is 3.19. The van der Waals surface area contributed by atoms with Crippen molar-refractivity contribution < 1.29 is 70.3 Å². The topological polar surface area (TPSA) is 201 Å². The van der Waals surface area contributed by atoms with Gasteiger partial charge in [-0.1, -0.05) is 200 Å². The summed E-state index contributed by atoms with van der Waals surface area (Å²) in [6.45, 7) is 5.11. The summed E-state index contributed by atoms with van der Waals surface area (Å²) in [5.41, 5.74) is 10.4. The first-order chi connectivity index (χ1) is 28.0. The van der Waals surface area contributed by atoms with Gasteiger partial charge in [0.25, 0.3) is 0 Å². The molecule has 0 aromatic carbocycles. The molecule has 0 fully saturated rings. The maximum absolute atomic E-state index is 13.2. The second-order valence-electron chi connectivity index (χ2n) is 16.6. The number of amides is 2. The van der Waals surface area contributed by atoms with Gasteiger partial charge in [0, 0.05) is 19.3 Å². The molecule has 0 spiro atoms. The van der Waals surface area contributed by atoms with Crippen molar-refractivity contribution >= 4 is 29.7 Å². The third-order valence-electron chi connectivity index (χ3n) is 11.0. The Labute approximate surface area is 384 Å². The van der Waals surface area contributed by atoms with Crippen molar-refractivity contribution in [1.82, 2.24) is 4.90 Å². The molecule has 0 aliphatic heterocycles. The second kappa shape index (κ2) is 47.5. The van der Waals surface area contributed by atoms with Crippen molar-refractivity contribution in [3.63, 3.8) is 0 Å². The molecule has 0 aromatic rings. The Hall–Kier alpha value is -1.53. The Morgan fingerprint density at radius 1 is 0.441 bits per heavy atom. The monoisotopic (exact) mass is 850 g/mol. The standard InChI is InChI=1S/C41H77NO6.C6H14N2O2.Na.H/c1-3-5-7-9-11-13-15-17-19-21-23-25-27-29-31-33-38(43)42(37(41(47)48)35-36-40(45)46)39(44)34-32-30-28-26-24-22-20-18-16-14-12-10-8-6-4-2;7-4-2-1-3-5(8)6(9)10;;/h37H,3-36H2,1-2H3,(H,45,46)(H,47,48);5H,1-4,7-8H2,(H,9,10);;/q;;+1;-1/t37-;5-;;/m00../s1. The van der Waals surface area contributed by atoms with Gasteiger partial charge in [0.15, 0.2) is 0 Å². The molecular weight excluding hydrogens is 758 g/mol. The number of carbonyl (C=O) groups excluding carboxylic acids is 2. The van der Waals surface area contributed by atoms with E-state index < -0.39 is 48.2 Å². The number of carboxylic acids is 3. The minimum atomic E-state index is -1.42. The Kier molecular flexibility index (Phi) is 49.7. The van der Waals surface area contributed by atoms with Gasteiger partial charge in [-0.15, -0.1) is 0 Å². The van der Waals surface area contributed by atoms with E-state index in [-0.39, 0.29) is 50.2 Å². The Morgan fingerprint density at radius 2 is 0.746 bits per heavy atom. The third kappa shape index (κ3) is 42.9. The summed E-state index contributed by atoms with van der Waals surface area (Å²) in [7, 11) is 0. The maximum atomic E-state index is 13.2. The van der Waals surface area contributed by atoms with E-state index in [1.165, 1.54) is 141 Å². The summed E-state index contributed by atoms with van der Waals surface area (Å²) in [6.07, 6.45) is 38.1. The molecule has 0 aromatic heterocycles. The molecule has 0 radical (unpaired) electrons. The van der Waals surface area contributed by atoms with Crippen molar-refractivity contribution in [3.8, 4) is 0 Å². The Morgan fingerprint density at radius 3 is 1.00 bits per heavy atom. The SMILES string of the molecule is CCCCCCCCCCCCCCCCCC(=O)N(C(=O)CCCCCCCCCCCCCCCCC)[C@@H](CCC(=O)O)C(=O)O.NCCCC[C@H](N)C(=O)O.[H-].[Na+]. The zero-order valence-electron chi connectivity index (χ0n) is 39.5. The maximum Gasteiger partial charge on any atom is 1.00 e. The Bertz CT molecular complexity index is 964. The van der Waals surface area contributed by atoms with Crippen LogP contribution >= 0.6 is 0 Å². The number of carboxylic acid groups (broad SMARTS) is 3. The number of carbonyl (C=O) groups is 5. The average molecular weight is 850 g/mol. The number of unbranched alkanes of at least 4 members (excludes halogenated alkanes) is 29.